The highest BCUT2D eigenvalue weighted by Gasteiger charge is 2.11. The fourth-order valence-corrected chi connectivity index (χ4v) is 1.99. The van der Waals surface area contributed by atoms with Gasteiger partial charge in [-0.1, -0.05) is 12.1 Å². The molecule has 0 aliphatic rings. The van der Waals surface area contributed by atoms with Gasteiger partial charge < -0.3 is 5.73 Å². The van der Waals surface area contributed by atoms with Crippen molar-refractivity contribution >= 4 is 0 Å². The maximum absolute atomic E-state index is 11.7. The predicted octanol–water partition coefficient (Wildman–Crippen LogP) is 1.55. The van der Waals surface area contributed by atoms with Crippen molar-refractivity contribution < 1.29 is 0 Å². The summed E-state index contributed by atoms with van der Waals surface area (Å²) in [5.74, 6) is 0. The van der Waals surface area contributed by atoms with E-state index in [1.165, 1.54) is 0 Å². The standard InChI is InChI=1S/C13H17N3O/c1-8-4-5-9(2)12(6-8)16-10(3)11(7-14)13(17)15-16/h4-6H,7,14H2,1-3H3,(H,15,17). The molecule has 1 aromatic heterocycles. The Morgan fingerprint density at radius 1 is 1.29 bits per heavy atom. The molecule has 0 aliphatic carbocycles. The van der Waals surface area contributed by atoms with Gasteiger partial charge in [-0.3, -0.25) is 14.6 Å². The Bertz CT molecular complexity index is 608. The number of aromatic amines is 1. The first kappa shape index (κ1) is 11.7. The van der Waals surface area contributed by atoms with Crippen LogP contribution in [0.15, 0.2) is 23.0 Å². The monoisotopic (exact) mass is 231 g/mol. The number of nitrogens with one attached hydrogen (secondary N) is 1. The summed E-state index contributed by atoms with van der Waals surface area (Å²) in [4.78, 5) is 11.7. The average molecular weight is 231 g/mol. The number of hydrogen-bond acceptors (Lipinski definition) is 2. The Hall–Kier alpha value is -1.81. The lowest BCUT2D eigenvalue weighted by atomic mass is 10.1. The van der Waals surface area contributed by atoms with E-state index in [9.17, 15) is 4.79 Å². The van der Waals surface area contributed by atoms with Crippen LogP contribution in [0.5, 0.6) is 0 Å². The summed E-state index contributed by atoms with van der Waals surface area (Å²) < 4.78 is 1.81. The first-order chi connectivity index (χ1) is 8.04. The molecule has 1 aromatic carbocycles. The van der Waals surface area contributed by atoms with Crippen LogP contribution in [0.25, 0.3) is 5.69 Å². The van der Waals surface area contributed by atoms with Gasteiger partial charge in [0.25, 0.3) is 5.56 Å². The number of H-pyrrole nitrogens is 1. The molecule has 1 heterocycles. The van der Waals surface area contributed by atoms with Gasteiger partial charge in [0, 0.05) is 12.2 Å². The fourth-order valence-electron chi connectivity index (χ4n) is 1.99. The van der Waals surface area contributed by atoms with Gasteiger partial charge in [0.15, 0.2) is 0 Å². The molecule has 4 nitrogen and oxygen atoms in total. The molecule has 0 saturated heterocycles. The van der Waals surface area contributed by atoms with Gasteiger partial charge in [-0.05, 0) is 38.0 Å². The highest BCUT2D eigenvalue weighted by atomic mass is 16.1. The van der Waals surface area contributed by atoms with E-state index in [1.807, 2.05) is 31.5 Å². The molecule has 0 spiro atoms. The Labute approximate surface area is 100 Å². The van der Waals surface area contributed by atoms with E-state index >= 15 is 0 Å². The lowest BCUT2D eigenvalue weighted by Gasteiger charge is -2.10. The van der Waals surface area contributed by atoms with E-state index in [0.717, 1.165) is 22.5 Å². The SMILES string of the molecule is Cc1ccc(C)c(-n2[nH]c(=O)c(CN)c2C)c1. The summed E-state index contributed by atoms with van der Waals surface area (Å²) in [6.07, 6.45) is 0. The van der Waals surface area contributed by atoms with Crippen molar-refractivity contribution in [1.82, 2.24) is 9.78 Å². The quantitative estimate of drug-likeness (QED) is 0.823. The summed E-state index contributed by atoms with van der Waals surface area (Å²) in [6.45, 7) is 6.22. The van der Waals surface area contributed by atoms with Gasteiger partial charge in [-0.25, -0.2) is 0 Å². The number of benzene rings is 1. The highest BCUT2D eigenvalue weighted by Crippen LogP contribution is 2.17. The molecule has 17 heavy (non-hydrogen) atoms. The second-order valence-electron chi connectivity index (χ2n) is 4.33. The molecule has 3 N–H and O–H groups in total. The summed E-state index contributed by atoms with van der Waals surface area (Å²) in [5.41, 5.74) is 10.3. The average Bonchev–Trinajstić information content (AvgIpc) is 2.57. The molecular weight excluding hydrogens is 214 g/mol. The van der Waals surface area contributed by atoms with Crippen LogP contribution < -0.4 is 11.3 Å². The number of rotatable bonds is 2. The molecule has 0 unspecified atom stereocenters. The molecule has 0 radical (unpaired) electrons. The van der Waals surface area contributed by atoms with Gasteiger partial charge in [-0.2, -0.15) is 0 Å². The Balaban J connectivity index is 2.69. The first-order valence-corrected chi connectivity index (χ1v) is 5.62. The zero-order chi connectivity index (χ0) is 12.6. The molecule has 0 atom stereocenters. The van der Waals surface area contributed by atoms with E-state index in [0.29, 0.717) is 5.56 Å². The minimum Gasteiger partial charge on any atom is -0.326 e. The van der Waals surface area contributed by atoms with Crippen molar-refractivity contribution in [3.8, 4) is 5.69 Å². The normalized spacial score (nSPS) is 10.8. The minimum atomic E-state index is -0.106. The molecule has 0 bridgehead atoms. The van der Waals surface area contributed by atoms with Crippen LogP contribution in [0.3, 0.4) is 0 Å². The molecule has 2 aromatic rings. The number of nitrogens with zero attached hydrogens (tertiary/aromatic N) is 1. The Morgan fingerprint density at radius 2 is 2.00 bits per heavy atom. The third-order valence-electron chi connectivity index (χ3n) is 3.07. The largest absolute Gasteiger partial charge is 0.326 e. The minimum absolute atomic E-state index is 0.106. The molecular formula is C13H17N3O. The smallest absolute Gasteiger partial charge is 0.269 e. The van der Waals surface area contributed by atoms with E-state index < -0.39 is 0 Å². The molecule has 4 heteroatoms. The maximum atomic E-state index is 11.7. The number of aromatic nitrogens is 2. The van der Waals surface area contributed by atoms with Gasteiger partial charge in [0.2, 0.25) is 0 Å². The number of aryl methyl sites for hydroxylation is 2. The molecule has 0 fully saturated rings. The predicted molar refractivity (Wildman–Crippen MR) is 68.5 cm³/mol. The molecule has 0 saturated carbocycles. The zero-order valence-corrected chi connectivity index (χ0v) is 10.4. The molecule has 2 rings (SSSR count). The van der Waals surface area contributed by atoms with Crippen LogP contribution in [-0.2, 0) is 6.54 Å². The fraction of sp³-hybridized carbons (Fsp3) is 0.308. The Kier molecular flexibility index (Phi) is 2.90. The zero-order valence-electron chi connectivity index (χ0n) is 10.4. The molecule has 0 aliphatic heterocycles. The maximum Gasteiger partial charge on any atom is 0.269 e. The van der Waals surface area contributed by atoms with Crippen molar-refractivity contribution in [2.45, 2.75) is 27.3 Å². The Morgan fingerprint density at radius 3 is 2.59 bits per heavy atom. The summed E-state index contributed by atoms with van der Waals surface area (Å²) >= 11 is 0. The van der Waals surface area contributed by atoms with Gasteiger partial charge in [0.1, 0.15) is 0 Å². The first-order valence-electron chi connectivity index (χ1n) is 5.62. The molecule has 0 amide bonds. The second-order valence-corrected chi connectivity index (χ2v) is 4.33. The lowest BCUT2D eigenvalue weighted by molar-refractivity contribution is 0.825. The van der Waals surface area contributed by atoms with E-state index in [4.69, 9.17) is 5.73 Å². The van der Waals surface area contributed by atoms with Crippen LogP contribution in [0.1, 0.15) is 22.4 Å². The van der Waals surface area contributed by atoms with Crippen molar-refractivity contribution in [1.29, 1.82) is 0 Å². The second kappa shape index (κ2) is 4.22. The summed E-state index contributed by atoms with van der Waals surface area (Å²) in [7, 11) is 0. The van der Waals surface area contributed by atoms with Gasteiger partial charge in [-0.15, -0.1) is 0 Å². The van der Waals surface area contributed by atoms with Crippen molar-refractivity contribution in [2.75, 3.05) is 0 Å². The summed E-state index contributed by atoms with van der Waals surface area (Å²) in [6, 6.07) is 6.16. The van der Waals surface area contributed by atoms with Crippen molar-refractivity contribution in [2.24, 2.45) is 5.73 Å². The van der Waals surface area contributed by atoms with E-state index in [2.05, 4.69) is 17.2 Å². The van der Waals surface area contributed by atoms with Crippen LogP contribution in [-0.4, -0.2) is 9.78 Å². The van der Waals surface area contributed by atoms with Crippen LogP contribution in [0, 0.1) is 20.8 Å². The summed E-state index contributed by atoms with van der Waals surface area (Å²) in [5, 5.41) is 2.83. The van der Waals surface area contributed by atoms with Gasteiger partial charge >= 0.3 is 0 Å². The third kappa shape index (κ3) is 1.91. The third-order valence-corrected chi connectivity index (χ3v) is 3.07. The highest BCUT2D eigenvalue weighted by molar-refractivity contribution is 5.44. The number of nitrogens with two attached hydrogens (primary N) is 1. The van der Waals surface area contributed by atoms with Crippen LogP contribution >= 0.6 is 0 Å². The topological polar surface area (TPSA) is 63.8 Å². The van der Waals surface area contributed by atoms with Crippen LogP contribution in [0.4, 0.5) is 0 Å². The van der Waals surface area contributed by atoms with Gasteiger partial charge in [0.05, 0.1) is 11.3 Å². The van der Waals surface area contributed by atoms with Crippen LogP contribution in [0.2, 0.25) is 0 Å². The van der Waals surface area contributed by atoms with Crippen molar-refractivity contribution in [3.63, 3.8) is 0 Å². The van der Waals surface area contributed by atoms with E-state index in [1.54, 1.807) is 0 Å². The molecule has 90 valence electrons. The number of hydrogen-bond donors (Lipinski definition) is 2. The lowest BCUT2D eigenvalue weighted by Crippen LogP contribution is -2.10. The van der Waals surface area contributed by atoms with E-state index in [-0.39, 0.29) is 12.1 Å². The van der Waals surface area contributed by atoms with Crippen molar-refractivity contribution in [3.05, 3.63) is 50.9 Å².